The Morgan fingerprint density at radius 1 is 1.11 bits per heavy atom. The van der Waals surface area contributed by atoms with Gasteiger partial charge in [0.05, 0.1) is 0 Å². The molecule has 0 saturated heterocycles. The Morgan fingerprint density at radius 3 is 2.63 bits per heavy atom. The third-order valence-electron chi connectivity index (χ3n) is 3.47. The molecule has 1 N–H and O–H groups in total. The van der Waals surface area contributed by atoms with Gasteiger partial charge < -0.3 is 5.32 Å². The van der Waals surface area contributed by atoms with Crippen molar-refractivity contribution in [3.05, 3.63) is 58.3 Å². The summed E-state index contributed by atoms with van der Waals surface area (Å²) < 4.78 is 0. The SMILES string of the molecule is CCNCC(CCCc1cccs1)c1ccccc1. The third-order valence-corrected chi connectivity index (χ3v) is 4.40. The zero-order chi connectivity index (χ0) is 13.3. The van der Waals surface area contributed by atoms with Gasteiger partial charge in [0, 0.05) is 11.4 Å². The van der Waals surface area contributed by atoms with Gasteiger partial charge in [-0.15, -0.1) is 11.3 Å². The van der Waals surface area contributed by atoms with Crippen LogP contribution in [0.15, 0.2) is 47.8 Å². The Kier molecular flexibility index (Phi) is 6.12. The van der Waals surface area contributed by atoms with Gasteiger partial charge in [-0.05, 0) is 48.7 Å². The molecule has 0 amide bonds. The predicted molar refractivity (Wildman–Crippen MR) is 85.0 cm³/mol. The predicted octanol–water partition coefficient (Wildman–Crippen LogP) is 4.46. The summed E-state index contributed by atoms with van der Waals surface area (Å²) in [6, 6.07) is 15.3. The fraction of sp³-hybridized carbons (Fsp3) is 0.412. The fourth-order valence-corrected chi connectivity index (χ4v) is 3.16. The number of thiophene rings is 1. The zero-order valence-corrected chi connectivity index (χ0v) is 12.5. The van der Waals surface area contributed by atoms with Crippen LogP contribution in [0.3, 0.4) is 0 Å². The Balaban J connectivity index is 1.87. The summed E-state index contributed by atoms with van der Waals surface area (Å²) in [4.78, 5) is 1.51. The molecule has 1 unspecified atom stereocenters. The maximum absolute atomic E-state index is 3.49. The highest BCUT2D eigenvalue weighted by atomic mass is 32.1. The second-order valence-electron chi connectivity index (χ2n) is 4.89. The molecular weight excluding hydrogens is 250 g/mol. The molecule has 19 heavy (non-hydrogen) atoms. The molecule has 1 atom stereocenters. The van der Waals surface area contributed by atoms with E-state index in [4.69, 9.17) is 0 Å². The number of benzene rings is 1. The van der Waals surface area contributed by atoms with Crippen molar-refractivity contribution in [1.82, 2.24) is 5.32 Å². The number of rotatable bonds is 8. The van der Waals surface area contributed by atoms with E-state index in [1.54, 1.807) is 0 Å². The molecule has 0 fully saturated rings. The van der Waals surface area contributed by atoms with Gasteiger partial charge in [0.1, 0.15) is 0 Å². The maximum Gasteiger partial charge on any atom is 0.00452 e. The number of nitrogens with one attached hydrogen (secondary N) is 1. The van der Waals surface area contributed by atoms with Crippen LogP contribution in [0.25, 0.3) is 0 Å². The minimum absolute atomic E-state index is 0.640. The standard InChI is InChI=1S/C17H23NS/c1-2-18-14-16(15-8-4-3-5-9-15)10-6-11-17-12-7-13-19-17/h3-5,7-9,12-13,16,18H,2,6,10-11,14H2,1H3. The molecule has 1 heterocycles. The first-order valence-electron chi connectivity index (χ1n) is 7.18. The maximum atomic E-state index is 3.49. The molecule has 2 aromatic rings. The van der Waals surface area contributed by atoms with Crippen molar-refractivity contribution in [3.8, 4) is 0 Å². The summed E-state index contributed by atoms with van der Waals surface area (Å²) in [6.45, 7) is 4.31. The number of hydrogen-bond donors (Lipinski definition) is 1. The second-order valence-corrected chi connectivity index (χ2v) is 5.92. The first-order valence-corrected chi connectivity index (χ1v) is 8.06. The van der Waals surface area contributed by atoms with E-state index in [1.165, 1.54) is 29.7 Å². The highest BCUT2D eigenvalue weighted by Crippen LogP contribution is 2.22. The van der Waals surface area contributed by atoms with Crippen LogP contribution in [-0.2, 0) is 6.42 Å². The van der Waals surface area contributed by atoms with Crippen molar-refractivity contribution < 1.29 is 0 Å². The Bertz CT molecular complexity index is 436. The van der Waals surface area contributed by atoms with Crippen LogP contribution >= 0.6 is 11.3 Å². The topological polar surface area (TPSA) is 12.0 Å². The molecule has 0 saturated carbocycles. The Morgan fingerprint density at radius 2 is 1.95 bits per heavy atom. The molecule has 2 heteroatoms. The van der Waals surface area contributed by atoms with Crippen LogP contribution in [-0.4, -0.2) is 13.1 Å². The summed E-state index contributed by atoms with van der Waals surface area (Å²) in [7, 11) is 0. The van der Waals surface area contributed by atoms with Crippen LogP contribution in [0.1, 0.15) is 36.1 Å². The molecule has 1 aromatic carbocycles. The zero-order valence-electron chi connectivity index (χ0n) is 11.6. The van der Waals surface area contributed by atoms with Crippen molar-refractivity contribution in [3.63, 3.8) is 0 Å². The summed E-state index contributed by atoms with van der Waals surface area (Å²) in [6.07, 6.45) is 3.74. The number of aryl methyl sites for hydroxylation is 1. The highest BCUT2D eigenvalue weighted by molar-refractivity contribution is 7.09. The van der Waals surface area contributed by atoms with E-state index in [0.29, 0.717) is 5.92 Å². The van der Waals surface area contributed by atoms with E-state index in [2.05, 4.69) is 60.1 Å². The Labute approximate surface area is 120 Å². The Hall–Kier alpha value is -1.12. The molecule has 2 rings (SSSR count). The van der Waals surface area contributed by atoms with E-state index in [-0.39, 0.29) is 0 Å². The van der Waals surface area contributed by atoms with Gasteiger partial charge in [0.15, 0.2) is 0 Å². The van der Waals surface area contributed by atoms with E-state index in [0.717, 1.165) is 13.1 Å². The minimum Gasteiger partial charge on any atom is -0.316 e. The lowest BCUT2D eigenvalue weighted by Gasteiger charge is -2.17. The second kappa shape index (κ2) is 8.13. The van der Waals surface area contributed by atoms with Crippen molar-refractivity contribution in [2.24, 2.45) is 0 Å². The van der Waals surface area contributed by atoms with Crippen molar-refractivity contribution in [2.45, 2.75) is 32.1 Å². The summed E-state index contributed by atoms with van der Waals surface area (Å²) in [5.41, 5.74) is 1.47. The molecule has 1 nitrogen and oxygen atoms in total. The summed E-state index contributed by atoms with van der Waals surface area (Å²) in [5.74, 6) is 0.640. The van der Waals surface area contributed by atoms with Gasteiger partial charge >= 0.3 is 0 Å². The largest absolute Gasteiger partial charge is 0.316 e. The number of hydrogen-bond acceptors (Lipinski definition) is 2. The van der Waals surface area contributed by atoms with Crippen molar-refractivity contribution in [1.29, 1.82) is 0 Å². The van der Waals surface area contributed by atoms with E-state index < -0.39 is 0 Å². The molecule has 0 radical (unpaired) electrons. The average molecular weight is 273 g/mol. The van der Waals surface area contributed by atoms with Crippen molar-refractivity contribution >= 4 is 11.3 Å². The van der Waals surface area contributed by atoms with E-state index in [1.807, 2.05) is 11.3 Å². The average Bonchev–Trinajstić information content (AvgIpc) is 2.97. The monoisotopic (exact) mass is 273 g/mol. The number of likely N-dealkylation sites (N-methyl/N-ethyl adjacent to an activating group) is 1. The summed E-state index contributed by atoms with van der Waals surface area (Å²) in [5, 5.41) is 5.66. The molecule has 0 bridgehead atoms. The minimum atomic E-state index is 0.640. The molecule has 0 aliphatic carbocycles. The lowest BCUT2D eigenvalue weighted by Crippen LogP contribution is -2.21. The molecule has 0 spiro atoms. The van der Waals surface area contributed by atoms with Crippen LogP contribution in [0.4, 0.5) is 0 Å². The van der Waals surface area contributed by atoms with Crippen LogP contribution in [0.2, 0.25) is 0 Å². The van der Waals surface area contributed by atoms with Gasteiger partial charge in [0.25, 0.3) is 0 Å². The summed E-state index contributed by atoms with van der Waals surface area (Å²) >= 11 is 1.87. The third kappa shape index (κ3) is 4.81. The van der Waals surface area contributed by atoms with E-state index in [9.17, 15) is 0 Å². The van der Waals surface area contributed by atoms with Crippen LogP contribution in [0.5, 0.6) is 0 Å². The lowest BCUT2D eigenvalue weighted by atomic mass is 9.93. The molecule has 0 aliphatic heterocycles. The lowest BCUT2D eigenvalue weighted by molar-refractivity contribution is 0.543. The fourth-order valence-electron chi connectivity index (χ4n) is 2.41. The highest BCUT2D eigenvalue weighted by Gasteiger charge is 2.10. The van der Waals surface area contributed by atoms with Gasteiger partial charge in [-0.1, -0.05) is 43.3 Å². The first-order chi connectivity index (χ1) is 9.40. The van der Waals surface area contributed by atoms with Gasteiger partial charge in [-0.25, -0.2) is 0 Å². The first kappa shape index (κ1) is 14.3. The quantitative estimate of drug-likeness (QED) is 0.748. The van der Waals surface area contributed by atoms with Gasteiger partial charge in [-0.3, -0.25) is 0 Å². The molecule has 102 valence electrons. The van der Waals surface area contributed by atoms with Gasteiger partial charge in [-0.2, -0.15) is 0 Å². The molecule has 0 aliphatic rings. The van der Waals surface area contributed by atoms with Crippen molar-refractivity contribution in [2.75, 3.05) is 13.1 Å². The van der Waals surface area contributed by atoms with E-state index >= 15 is 0 Å². The smallest absolute Gasteiger partial charge is 0.00452 e. The molecule has 1 aromatic heterocycles. The van der Waals surface area contributed by atoms with Crippen LogP contribution < -0.4 is 5.32 Å². The molecular formula is C17H23NS. The van der Waals surface area contributed by atoms with Gasteiger partial charge in [0.2, 0.25) is 0 Å². The normalized spacial score (nSPS) is 12.5. The van der Waals surface area contributed by atoms with Crippen LogP contribution in [0, 0.1) is 0 Å².